The minimum absolute atomic E-state index is 0.343. The van der Waals surface area contributed by atoms with Gasteiger partial charge in [-0.05, 0) is 31.5 Å². The molecule has 0 aliphatic rings. The molecule has 1 rings (SSSR count). The van der Waals surface area contributed by atoms with Crippen molar-refractivity contribution in [3.63, 3.8) is 0 Å². The van der Waals surface area contributed by atoms with Gasteiger partial charge in [0.25, 0.3) is 0 Å². The van der Waals surface area contributed by atoms with Gasteiger partial charge in [-0.15, -0.1) is 0 Å². The van der Waals surface area contributed by atoms with Crippen molar-refractivity contribution in [2.45, 2.75) is 25.7 Å². The van der Waals surface area contributed by atoms with E-state index in [1.165, 1.54) is 19.1 Å². The first-order chi connectivity index (χ1) is 8.40. The normalized spacial score (nSPS) is 13.7. The highest BCUT2D eigenvalue weighted by molar-refractivity contribution is 5.84. The molecule has 1 aromatic rings. The lowest BCUT2D eigenvalue weighted by Gasteiger charge is -2.31. The van der Waals surface area contributed by atoms with Crippen LogP contribution in [0, 0.1) is 0 Å². The third-order valence-corrected chi connectivity index (χ3v) is 2.75. The molecule has 0 saturated heterocycles. The second-order valence-electron chi connectivity index (χ2n) is 4.13. The molecule has 18 heavy (non-hydrogen) atoms. The van der Waals surface area contributed by atoms with Crippen LogP contribution in [0.3, 0.4) is 0 Å². The summed E-state index contributed by atoms with van der Waals surface area (Å²) in [6, 6.07) is 6.22. The molecule has 0 radical (unpaired) electrons. The SMILES string of the molecule is CCOc1ccc([C@@](C)(CC(=O)[O-])C(=O)[O-])cc1. The van der Waals surface area contributed by atoms with Crippen molar-refractivity contribution < 1.29 is 24.5 Å². The topological polar surface area (TPSA) is 89.5 Å². The number of carbonyl (C=O) groups is 2. The van der Waals surface area contributed by atoms with Crippen LogP contribution in [0.4, 0.5) is 0 Å². The molecule has 0 aliphatic carbocycles. The number of carboxylic acids is 2. The summed E-state index contributed by atoms with van der Waals surface area (Å²) in [5.74, 6) is -2.29. The second kappa shape index (κ2) is 5.53. The summed E-state index contributed by atoms with van der Waals surface area (Å²) in [5.41, 5.74) is -1.26. The quantitative estimate of drug-likeness (QED) is 0.661. The largest absolute Gasteiger partial charge is 0.550 e. The summed E-state index contributed by atoms with van der Waals surface area (Å²) in [5, 5.41) is 21.8. The Labute approximate surface area is 105 Å². The van der Waals surface area contributed by atoms with Crippen molar-refractivity contribution in [3.05, 3.63) is 29.8 Å². The predicted octanol–water partition coefficient (Wildman–Crippen LogP) is -0.767. The third kappa shape index (κ3) is 3.00. The molecule has 0 heterocycles. The molecule has 0 saturated carbocycles. The zero-order valence-corrected chi connectivity index (χ0v) is 10.3. The standard InChI is InChI=1S/C13H16O5/c1-3-18-10-6-4-9(5-7-10)13(2,12(16)17)8-11(14)15/h4-7H,3,8H2,1-2H3,(H,14,15)(H,16,17)/p-2/t13-/m1/s1. The molecule has 0 N–H and O–H groups in total. The van der Waals surface area contributed by atoms with Gasteiger partial charge in [0.05, 0.1) is 12.6 Å². The van der Waals surface area contributed by atoms with E-state index < -0.39 is 23.8 Å². The molecule has 0 amide bonds. The molecule has 0 unspecified atom stereocenters. The fraction of sp³-hybridized carbons (Fsp3) is 0.385. The van der Waals surface area contributed by atoms with Gasteiger partial charge >= 0.3 is 0 Å². The van der Waals surface area contributed by atoms with Crippen LogP contribution < -0.4 is 14.9 Å². The Bertz CT molecular complexity index is 437. The Morgan fingerprint density at radius 2 is 1.78 bits per heavy atom. The van der Waals surface area contributed by atoms with Gasteiger partial charge in [0, 0.05) is 17.8 Å². The number of hydrogen-bond acceptors (Lipinski definition) is 5. The van der Waals surface area contributed by atoms with Crippen LogP contribution in [0.25, 0.3) is 0 Å². The van der Waals surface area contributed by atoms with Gasteiger partial charge in [-0.2, -0.15) is 0 Å². The number of carboxylic acid groups (broad SMARTS) is 2. The van der Waals surface area contributed by atoms with Gasteiger partial charge < -0.3 is 24.5 Å². The highest BCUT2D eigenvalue weighted by Gasteiger charge is 2.28. The van der Waals surface area contributed by atoms with E-state index in [9.17, 15) is 19.8 Å². The number of ether oxygens (including phenoxy) is 1. The van der Waals surface area contributed by atoms with E-state index in [4.69, 9.17) is 4.74 Å². The van der Waals surface area contributed by atoms with E-state index in [0.717, 1.165) is 0 Å². The predicted molar refractivity (Wildman–Crippen MR) is 59.6 cm³/mol. The van der Waals surface area contributed by atoms with Gasteiger partial charge in [-0.25, -0.2) is 0 Å². The lowest BCUT2D eigenvalue weighted by atomic mass is 9.79. The molecule has 0 fully saturated rings. The van der Waals surface area contributed by atoms with Crippen molar-refractivity contribution in [1.82, 2.24) is 0 Å². The van der Waals surface area contributed by atoms with Crippen LogP contribution >= 0.6 is 0 Å². The summed E-state index contributed by atoms with van der Waals surface area (Å²) < 4.78 is 5.22. The van der Waals surface area contributed by atoms with Crippen LogP contribution in [-0.2, 0) is 15.0 Å². The van der Waals surface area contributed by atoms with Crippen LogP contribution in [0.1, 0.15) is 25.8 Å². The Hall–Kier alpha value is -2.04. The molecule has 1 atom stereocenters. The van der Waals surface area contributed by atoms with Crippen LogP contribution in [0.5, 0.6) is 5.75 Å². The maximum absolute atomic E-state index is 11.1. The van der Waals surface area contributed by atoms with E-state index in [1.807, 2.05) is 6.92 Å². The Morgan fingerprint density at radius 1 is 1.22 bits per heavy atom. The van der Waals surface area contributed by atoms with Crippen molar-refractivity contribution in [3.8, 4) is 5.75 Å². The molecule has 5 nitrogen and oxygen atoms in total. The van der Waals surface area contributed by atoms with Crippen LogP contribution in [0.15, 0.2) is 24.3 Å². The summed E-state index contributed by atoms with van der Waals surface area (Å²) in [4.78, 5) is 21.8. The van der Waals surface area contributed by atoms with Gasteiger partial charge in [0.2, 0.25) is 0 Å². The van der Waals surface area contributed by atoms with E-state index in [0.29, 0.717) is 17.9 Å². The maximum Gasteiger partial charge on any atom is 0.119 e. The van der Waals surface area contributed by atoms with Crippen molar-refractivity contribution in [1.29, 1.82) is 0 Å². The fourth-order valence-electron chi connectivity index (χ4n) is 1.67. The van der Waals surface area contributed by atoms with E-state index in [-0.39, 0.29) is 0 Å². The van der Waals surface area contributed by atoms with E-state index in [2.05, 4.69) is 0 Å². The minimum atomic E-state index is -1.61. The number of benzene rings is 1. The van der Waals surface area contributed by atoms with Gasteiger partial charge in [-0.3, -0.25) is 0 Å². The number of carbonyl (C=O) groups excluding carboxylic acids is 2. The molecular weight excluding hydrogens is 236 g/mol. The van der Waals surface area contributed by atoms with Gasteiger partial charge in [-0.1, -0.05) is 12.1 Å². The second-order valence-corrected chi connectivity index (χ2v) is 4.13. The van der Waals surface area contributed by atoms with Crippen molar-refractivity contribution >= 4 is 11.9 Å². The Balaban J connectivity index is 3.06. The highest BCUT2D eigenvalue weighted by atomic mass is 16.5. The van der Waals surface area contributed by atoms with E-state index >= 15 is 0 Å². The summed E-state index contributed by atoms with van der Waals surface area (Å²) in [6.07, 6.45) is -0.636. The number of aliphatic carboxylic acids is 2. The number of hydrogen-bond donors (Lipinski definition) is 0. The Kier molecular flexibility index (Phi) is 4.31. The summed E-state index contributed by atoms with van der Waals surface area (Å²) in [6.45, 7) is 3.62. The zero-order chi connectivity index (χ0) is 13.8. The molecule has 5 heteroatoms. The first-order valence-electron chi connectivity index (χ1n) is 5.54. The van der Waals surface area contributed by atoms with Crippen LogP contribution in [-0.4, -0.2) is 18.5 Å². The summed E-state index contributed by atoms with van der Waals surface area (Å²) in [7, 11) is 0. The third-order valence-electron chi connectivity index (χ3n) is 2.75. The molecule has 0 bridgehead atoms. The minimum Gasteiger partial charge on any atom is -0.550 e. The zero-order valence-electron chi connectivity index (χ0n) is 10.3. The maximum atomic E-state index is 11.1. The molecule has 0 aromatic heterocycles. The summed E-state index contributed by atoms with van der Waals surface area (Å²) >= 11 is 0. The Morgan fingerprint density at radius 3 is 2.17 bits per heavy atom. The molecule has 0 spiro atoms. The lowest BCUT2D eigenvalue weighted by molar-refractivity contribution is -0.322. The van der Waals surface area contributed by atoms with Crippen molar-refractivity contribution in [2.75, 3.05) is 6.61 Å². The van der Waals surface area contributed by atoms with Gasteiger partial charge in [0.1, 0.15) is 5.75 Å². The van der Waals surface area contributed by atoms with Gasteiger partial charge in [0.15, 0.2) is 0 Å². The first kappa shape index (κ1) is 14.0. The van der Waals surface area contributed by atoms with Crippen molar-refractivity contribution in [2.24, 2.45) is 0 Å². The average molecular weight is 250 g/mol. The molecule has 1 aromatic carbocycles. The van der Waals surface area contributed by atoms with Crippen LogP contribution in [0.2, 0.25) is 0 Å². The number of rotatable bonds is 6. The first-order valence-corrected chi connectivity index (χ1v) is 5.54. The fourth-order valence-corrected chi connectivity index (χ4v) is 1.67. The molecule has 0 aliphatic heterocycles. The monoisotopic (exact) mass is 250 g/mol. The molecule has 98 valence electrons. The highest BCUT2D eigenvalue weighted by Crippen LogP contribution is 2.28. The smallest absolute Gasteiger partial charge is 0.119 e. The molecular formula is C13H14O5-2. The lowest BCUT2D eigenvalue weighted by Crippen LogP contribution is -2.47. The average Bonchev–Trinajstić information content (AvgIpc) is 2.29. The van der Waals surface area contributed by atoms with E-state index in [1.54, 1.807) is 12.1 Å².